The number of ether oxygens (including phenoxy) is 1. The smallest absolute Gasteiger partial charge is 0.433 e. The molecule has 0 spiro atoms. The monoisotopic (exact) mass is 695 g/mol. The molecule has 0 radical (unpaired) electrons. The molecule has 0 saturated heterocycles. The van der Waals surface area contributed by atoms with Gasteiger partial charge in [0.05, 0.1) is 6.07 Å². The minimum Gasteiger partial charge on any atom is -0.480 e. The number of carboxylic acids is 1. The number of alkyl carbamates (subject to hydrolysis) is 1. The van der Waals surface area contributed by atoms with Gasteiger partial charge in [0.25, 0.3) is 0 Å². The second-order valence-electron chi connectivity index (χ2n) is 11.1. The first-order valence-electron chi connectivity index (χ1n) is 15.3. The Labute approximate surface area is 283 Å². The minimum absolute atomic E-state index is 0.0146. The first kappa shape index (κ1) is 34.8. The van der Waals surface area contributed by atoms with E-state index >= 15 is 0 Å². The Morgan fingerprint density at radius 1 is 1.02 bits per heavy atom. The third kappa shape index (κ3) is 8.90. The standard InChI is InChI=1S/C34H35ClN3O9P/c1-37(19-7-6-18-35)48(45-21-25-16-17-32(46-25)38(42)43)47-24-14-12-23(13-15-24)20-31(33(39)40)36-34(41)44-22-30-28-10-4-2-8-26(28)27-9-3-5-11-29(27)30/h2-5,8-17,30-31H,6-7,18-22H2,1H3,(H,36,41)(H,39,40). The third-order valence-electron chi connectivity index (χ3n) is 7.77. The van der Waals surface area contributed by atoms with Crippen molar-refractivity contribution in [2.24, 2.45) is 0 Å². The maximum Gasteiger partial charge on any atom is 0.433 e. The molecule has 14 heteroatoms. The van der Waals surface area contributed by atoms with Gasteiger partial charge in [-0.1, -0.05) is 60.7 Å². The number of aliphatic carboxylic acids is 1. The number of fused-ring (bicyclic) bond motifs is 3. The van der Waals surface area contributed by atoms with Gasteiger partial charge >= 0.3 is 26.5 Å². The van der Waals surface area contributed by atoms with E-state index in [9.17, 15) is 24.8 Å². The van der Waals surface area contributed by atoms with E-state index in [1.54, 1.807) is 24.3 Å². The Morgan fingerprint density at radius 3 is 2.29 bits per heavy atom. The highest BCUT2D eigenvalue weighted by Crippen LogP contribution is 2.45. The van der Waals surface area contributed by atoms with E-state index in [1.165, 1.54) is 12.1 Å². The van der Waals surface area contributed by atoms with Crippen LogP contribution in [0.1, 0.15) is 41.2 Å². The molecule has 1 amide bonds. The number of hydrogen-bond donors (Lipinski definition) is 2. The molecule has 2 unspecified atom stereocenters. The van der Waals surface area contributed by atoms with Crippen LogP contribution < -0.4 is 9.84 Å². The summed E-state index contributed by atoms with van der Waals surface area (Å²) in [5.41, 5.74) is 4.96. The summed E-state index contributed by atoms with van der Waals surface area (Å²) in [4.78, 5) is 35.2. The Kier molecular flexibility index (Phi) is 12.0. The zero-order chi connectivity index (χ0) is 34.0. The molecule has 1 aliphatic rings. The van der Waals surface area contributed by atoms with Crippen LogP contribution in [-0.2, 0) is 27.1 Å². The largest absolute Gasteiger partial charge is 0.480 e. The van der Waals surface area contributed by atoms with E-state index in [-0.39, 0.29) is 37.2 Å². The van der Waals surface area contributed by atoms with Crippen molar-refractivity contribution in [1.82, 2.24) is 9.99 Å². The molecule has 2 N–H and O–H groups in total. The number of hydrogen-bond acceptors (Lipinski definition) is 9. The molecule has 12 nitrogen and oxygen atoms in total. The van der Waals surface area contributed by atoms with Crippen molar-refractivity contribution in [3.05, 3.63) is 117 Å². The van der Waals surface area contributed by atoms with Crippen LogP contribution in [0.3, 0.4) is 0 Å². The fourth-order valence-electron chi connectivity index (χ4n) is 5.37. The van der Waals surface area contributed by atoms with E-state index in [1.807, 2.05) is 60.2 Å². The van der Waals surface area contributed by atoms with Crippen LogP contribution in [0.2, 0.25) is 0 Å². The van der Waals surface area contributed by atoms with Gasteiger partial charge in [-0.05, 0) is 65.9 Å². The number of alkyl halides is 1. The topological polar surface area (TPSA) is 154 Å². The molecule has 5 rings (SSSR count). The predicted octanol–water partition coefficient (Wildman–Crippen LogP) is 7.50. The molecule has 0 aliphatic heterocycles. The normalized spacial score (nSPS) is 13.4. The molecule has 2 atom stereocenters. The first-order chi connectivity index (χ1) is 23.2. The van der Waals surface area contributed by atoms with Gasteiger partial charge in [-0.2, -0.15) is 0 Å². The molecule has 0 fully saturated rings. The van der Waals surface area contributed by atoms with E-state index in [2.05, 4.69) is 5.32 Å². The molecule has 0 saturated carbocycles. The van der Waals surface area contributed by atoms with Crippen LogP contribution in [0.5, 0.6) is 5.75 Å². The van der Waals surface area contributed by atoms with Crippen LogP contribution in [0.15, 0.2) is 89.3 Å². The lowest BCUT2D eigenvalue weighted by Gasteiger charge is -2.26. The predicted molar refractivity (Wildman–Crippen MR) is 180 cm³/mol. The molecule has 3 aromatic carbocycles. The lowest BCUT2D eigenvalue weighted by atomic mass is 9.98. The Hall–Kier alpha value is -4.48. The number of nitro groups is 1. The highest BCUT2D eigenvalue weighted by atomic mass is 35.5. The van der Waals surface area contributed by atoms with Gasteiger partial charge in [0.2, 0.25) is 0 Å². The fourth-order valence-corrected chi connectivity index (χ4v) is 6.79. The Morgan fingerprint density at radius 2 is 1.69 bits per heavy atom. The summed E-state index contributed by atoms with van der Waals surface area (Å²) in [6.45, 7) is 0.663. The average Bonchev–Trinajstić information content (AvgIpc) is 3.69. The van der Waals surface area contributed by atoms with Crippen LogP contribution >= 0.6 is 20.1 Å². The maximum absolute atomic E-state index is 12.8. The summed E-state index contributed by atoms with van der Waals surface area (Å²) in [5, 5.41) is 23.3. The van der Waals surface area contributed by atoms with E-state index in [0.717, 1.165) is 35.1 Å². The van der Waals surface area contributed by atoms with Crippen LogP contribution in [0.4, 0.5) is 10.7 Å². The Bertz CT molecular complexity index is 1670. The van der Waals surface area contributed by atoms with Gasteiger partial charge in [0.1, 0.15) is 35.7 Å². The molecular weight excluding hydrogens is 661 g/mol. The van der Waals surface area contributed by atoms with Crippen molar-refractivity contribution in [3.8, 4) is 16.9 Å². The Balaban J connectivity index is 1.17. The molecular formula is C34H35ClN3O9P. The number of carbonyl (C=O) groups excluding carboxylic acids is 1. The van der Waals surface area contributed by atoms with Gasteiger partial charge in [0, 0.05) is 24.8 Å². The van der Waals surface area contributed by atoms with Gasteiger partial charge in [0.15, 0.2) is 0 Å². The minimum atomic E-state index is -1.64. The van der Waals surface area contributed by atoms with Crippen molar-refractivity contribution in [2.45, 2.75) is 37.8 Å². The van der Waals surface area contributed by atoms with Gasteiger partial charge in [-0.3, -0.25) is 10.1 Å². The number of furan rings is 1. The number of rotatable bonds is 17. The molecule has 252 valence electrons. The van der Waals surface area contributed by atoms with Crippen molar-refractivity contribution in [1.29, 1.82) is 0 Å². The summed E-state index contributed by atoms with van der Waals surface area (Å²) in [7, 11) is 0.198. The van der Waals surface area contributed by atoms with Gasteiger partial charge in [-0.25, -0.2) is 14.3 Å². The number of amides is 1. The number of carbonyl (C=O) groups is 2. The number of nitrogens with one attached hydrogen (secondary N) is 1. The van der Waals surface area contributed by atoms with Crippen molar-refractivity contribution >= 4 is 38.1 Å². The second-order valence-corrected chi connectivity index (χ2v) is 13.1. The molecule has 1 aromatic heterocycles. The molecule has 48 heavy (non-hydrogen) atoms. The summed E-state index contributed by atoms with van der Waals surface area (Å²) < 4.78 is 24.8. The SMILES string of the molecule is CN(CCCCCl)P(OCc1ccc([N+](=O)[O-])o1)Oc1ccc(CC(NC(=O)OCC2c3ccccc3-c3ccccc32)C(=O)O)cc1. The number of halogens is 1. The van der Waals surface area contributed by atoms with Gasteiger partial charge in [-0.15, -0.1) is 11.6 Å². The summed E-state index contributed by atoms with van der Waals surface area (Å²) in [6.07, 6.45) is 0.819. The highest BCUT2D eigenvalue weighted by molar-refractivity contribution is 7.44. The first-order valence-corrected chi connectivity index (χ1v) is 16.9. The quantitative estimate of drug-likeness (QED) is 0.0373. The van der Waals surface area contributed by atoms with Crippen LogP contribution in [0, 0.1) is 10.1 Å². The van der Waals surface area contributed by atoms with E-state index < -0.39 is 31.6 Å². The number of nitrogens with zero attached hydrogens (tertiary/aromatic N) is 2. The van der Waals surface area contributed by atoms with E-state index in [0.29, 0.717) is 23.7 Å². The molecule has 1 aliphatic carbocycles. The summed E-state index contributed by atoms with van der Waals surface area (Å²) >= 11 is 5.83. The zero-order valence-corrected chi connectivity index (χ0v) is 27.8. The lowest BCUT2D eigenvalue weighted by Crippen LogP contribution is -2.42. The molecule has 1 heterocycles. The highest BCUT2D eigenvalue weighted by Gasteiger charge is 2.30. The number of carboxylic acid groups (broad SMARTS) is 1. The third-order valence-corrected chi connectivity index (χ3v) is 9.51. The lowest BCUT2D eigenvalue weighted by molar-refractivity contribution is -0.402. The van der Waals surface area contributed by atoms with Crippen molar-refractivity contribution in [2.75, 3.05) is 26.1 Å². The average molecular weight is 696 g/mol. The van der Waals surface area contributed by atoms with Crippen LogP contribution in [0.25, 0.3) is 11.1 Å². The van der Waals surface area contributed by atoms with Gasteiger partial charge < -0.3 is 28.6 Å². The molecule has 4 aromatic rings. The van der Waals surface area contributed by atoms with Crippen LogP contribution in [-0.4, -0.2) is 58.9 Å². The zero-order valence-electron chi connectivity index (χ0n) is 26.1. The number of benzene rings is 3. The summed E-state index contributed by atoms with van der Waals surface area (Å²) in [5.74, 6) is -0.444. The molecule has 0 bridgehead atoms. The summed E-state index contributed by atoms with van der Waals surface area (Å²) in [6, 6.07) is 24.2. The number of unbranched alkanes of at least 4 members (excludes halogenated alkanes) is 1. The van der Waals surface area contributed by atoms with E-state index in [4.69, 9.17) is 29.8 Å². The van der Waals surface area contributed by atoms with Crippen molar-refractivity contribution in [3.63, 3.8) is 0 Å². The maximum atomic E-state index is 12.8. The van der Waals surface area contributed by atoms with Crippen molar-refractivity contribution < 1.29 is 37.8 Å². The second kappa shape index (κ2) is 16.6. The fraction of sp³-hybridized carbons (Fsp3) is 0.294.